The van der Waals surface area contributed by atoms with E-state index in [0.29, 0.717) is 5.82 Å². The average molecular weight is 266 g/mol. The summed E-state index contributed by atoms with van der Waals surface area (Å²) in [5.41, 5.74) is 0.209. The number of hydrogen-bond acceptors (Lipinski definition) is 7. The number of nitrogens with one attached hydrogen (secondary N) is 1. The van der Waals surface area contributed by atoms with Crippen molar-refractivity contribution in [3.05, 3.63) is 18.1 Å². The van der Waals surface area contributed by atoms with Gasteiger partial charge in [-0.2, -0.15) is 0 Å². The minimum atomic E-state index is -0.479. The molecule has 2 rings (SSSR count). The molecule has 1 N–H and O–H groups in total. The van der Waals surface area contributed by atoms with Crippen molar-refractivity contribution in [3.8, 4) is 0 Å². The van der Waals surface area contributed by atoms with Gasteiger partial charge in [-0.1, -0.05) is 0 Å². The summed E-state index contributed by atoms with van der Waals surface area (Å²) in [7, 11) is 1.32. The van der Waals surface area contributed by atoms with Gasteiger partial charge in [-0.3, -0.25) is 4.90 Å². The number of methoxy groups -OCH3 is 1. The number of morpholine rings is 1. The second-order valence-corrected chi connectivity index (χ2v) is 4.16. The number of carbonyl (C=O) groups excluding carboxylic acids is 1. The summed E-state index contributed by atoms with van der Waals surface area (Å²) in [6.07, 6.45) is 2.94. The summed E-state index contributed by atoms with van der Waals surface area (Å²) in [6, 6.07) is 0. The highest BCUT2D eigenvalue weighted by molar-refractivity contribution is 5.86. The standard InChI is InChI=1S/C12H18N4O3/c1-18-12(17)10-8-15-11(9-14-10)13-2-3-16-4-6-19-7-5-16/h8-9H,2-7H2,1H3,(H,13,15). The lowest BCUT2D eigenvalue weighted by atomic mass is 10.4. The van der Waals surface area contributed by atoms with E-state index in [9.17, 15) is 4.79 Å². The molecule has 0 spiro atoms. The molecular formula is C12H18N4O3. The number of carbonyl (C=O) groups is 1. The Balaban J connectivity index is 1.75. The molecule has 0 unspecified atom stereocenters. The fourth-order valence-electron chi connectivity index (χ4n) is 1.80. The number of esters is 1. The number of nitrogens with zero attached hydrogens (tertiary/aromatic N) is 3. The van der Waals surface area contributed by atoms with Crippen LogP contribution in [-0.4, -0.2) is 67.3 Å². The predicted octanol–water partition coefficient (Wildman–Crippen LogP) is 0.00730. The van der Waals surface area contributed by atoms with Crippen molar-refractivity contribution < 1.29 is 14.3 Å². The molecule has 1 aromatic heterocycles. The van der Waals surface area contributed by atoms with Crippen LogP contribution in [0.3, 0.4) is 0 Å². The molecular weight excluding hydrogens is 248 g/mol. The third-order valence-corrected chi connectivity index (χ3v) is 2.88. The van der Waals surface area contributed by atoms with Gasteiger partial charge in [-0.15, -0.1) is 0 Å². The molecule has 0 amide bonds. The van der Waals surface area contributed by atoms with Crippen LogP contribution in [0.15, 0.2) is 12.4 Å². The van der Waals surface area contributed by atoms with E-state index in [-0.39, 0.29) is 5.69 Å². The van der Waals surface area contributed by atoms with Crippen LogP contribution in [0.2, 0.25) is 0 Å². The van der Waals surface area contributed by atoms with Crippen LogP contribution in [0.5, 0.6) is 0 Å². The smallest absolute Gasteiger partial charge is 0.358 e. The summed E-state index contributed by atoms with van der Waals surface area (Å²) >= 11 is 0. The zero-order valence-corrected chi connectivity index (χ0v) is 11.0. The molecule has 0 bridgehead atoms. The highest BCUT2D eigenvalue weighted by Gasteiger charge is 2.10. The Labute approximate surface area is 111 Å². The molecule has 19 heavy (non-hydrogen) atoms. The third kappa shape index (κ3) is 4.15. The highest BCUT2D eigenvalue weighted by atomic mass is 16.5. The fourth-order valence-corrected chi connectivity index (χ4v) is 1.80. The normalized spacial score (nSPS) is 16.1. The Morgan fingerprint density at radius 1 is 1.42 bits per heavy atom. The van der Waals surface area contributed by atoms with E-state index in [1.807, 2.05) is 0 Å². The zero-order chi connectivity index (χ0) is 13.5. The lowest BCUT2D eigenvalue weighted by molar-refractivity contribution is 0.0398. The van der Waals surface area contributed by atoms with Gasteiger partial charge in [-0.25, -0.2) is 14.8 Å². The van der Waals surface area contributed by atoms with E-state index in [1.165, 1.54) is 19.5 Å². The Hall–Kier alpha value is -1.73. The van der Waals surface area contributed by atoms with Crippen LogP contribution in [0.4, 0.5) is 5.82 Å². The SMILES string of the molecule is COC(=O)c1cnc(NCCN2CCOCC2)cn1. The molecule has 1 fully saturated rings. The molecule has 1 aliphatic heterocycles. The lowest BCUT2D eigenvalue weighted by Gasteiger charge is -2.26. The maximum Gasteiger partial charge on any atom is 0.358 e. The number of ether oxygens (including phenoxy) is 2. The second-order valence-electron chi connectivity index (χ2n) is 4.16. The van der Waals surface area contributed by atoms with Crippen LogP contribution < -0.4 is 5.32 Å². The summed E-state index contributed by atoms with van der Waals surface area (Å²) in [5, 5.41) is 3.17. The van der Waals surface area contributed by atoms with Gasteiger partial charge in [0.2, 0.25) is 0 Å². The van der Waals surface area contributed by atoms with Crippen LogP contribution in [0.25, 0.3) is 0 Å². The van der Waals surface area contributed by atoms with E-state index < -0.39 is 5.97 Å². The van der Waals surface area contributed by atoms with Crippen LogP contribution >= 0.6 is 0 Å². The van der Waals surface area contributed by atoms with Gasteiger partial charge in [0, 0.05) is 26.2 Å². The fraction of sp³-hybridized carbons (Fsp3) is 0.583. The van der Waals surface area contributed by atoms with Gasteiger partial charge in [-0.05, 0) is 0 Å². The maximum atomic E-state index is 11.2. The van der Waals surface area contributed by atoms with Crippen molar-refractivity contribution in [1.82, 2.24) is 14.9 Å². The first-order valence-corrected chi connectivity index (χ1v) is 6.24. The molecule has 0 atom stereocenters. The minimum absolute atomic E-state index is 0.209. The van der Waals surface area contributed by atoms with Crippen molar-refractivity contribution in [2.45, 2.75) is 0 Å². The van der Waals surface area contributed by atoms with Crippen molar-refractivity contribution in [1.29, 1.82) is 0 Å². The molecule has 1 saturated heterocycles. The average Bonchev–Trinajstić information content (AvgIpc) is 2.48. The predicted molar refractivity (Wildman–Crippen MR) is 69.1 cm³/mol. The van der Waals surface area contributed by atoms with E-state index in [1.54, 1.807) is 0 Å². The van der Waals surface area contributed by atoms with Crippen LogP contribution in [-0.2, 0) is 9.47 Å². The maximum absolute atomic E-state index is 11.2. The molecule has 1 aromatic rings. The Morgan fingerprint density at radius 3 is 2.84 bits per heavy atom. The molecule has 7 heteroatoms. The monoisotopic (exact) mass is 266 g/mol. The summed E-state index contributed by atoms with van der Waals surface area (Å²) in [5.74, 6) is 0.174. The third-order valence-electron chi connectivity index (χ3n) is 2.88. The number of anilines is 1. The molecule has 7 nitrogen and oxygen atoms in total. The molecule has 104 valence electrons. The van der Waals surface area contributed by atoms with Crippen molar-refractivity contribution in [2.24, 2.45) is 0 Å². The Morgan fingerprint density at radius 2 is 2.21 bits per heavy atom. The van der Waals surface area contributed by atoms with Gasteiger partial charge in [0.15, 0.2) is 5.69 Å². The van der Waals surface area contributed by atoms with Gasteiger partial charge in [0.1, 0.15) is 5.82 Å². The van der Waals surface area contributed by atoms with E-state index in [4.69, 9.17) is 4.74 Å². The van der Waals surface area contributed by atoms with Gasteiger partial charge < -0.3 is 14.8 Å². The van der Waals surface area contributed by atoms with E-state index >= 15 is 0 Å². The van der Waals surface area contributed by atoms with Gasteiger partial charge in [0.25, 0.3) is 0 Å². The number of rotatable bonds is 5. The Bertz CT molecular complexity index is 404. The second kappa shape index (κ2) is 7.01. The lowest BCUT2D eigenvalue weighted by Crippen LogP contribution is -2.39. The van der Waals surface area contributed by atoms with E-state index in [2.05, 4.69) is 24.9 Å². The number of hydrogen-bond donors (Lipinski definition) is 1. The minimum Gasteiger partial charge on any atom is -0.464 e. The van der Waals surface area contributed by atoms with Crippen LogP contribution in [0.1, 0.15) is 10.5 Å². The number of aromatic nitrogens is 2. The first-order valence-electron chi connectivity index (χ1n) is 6.24. The zero-order valence-electron chi connectivity index (χ0n) is 11.0. The first-order chi connectivity index (χ1) is 9.29. The first kappa shape index (κ1) is 13.7. The summed E-state index contributed by atoms with van der Waals surface area (Å²) in [4.78, 5) is 21.6. The molecule has 0 aromatic carbocycles. The van der Waals surface area contributed by atoms with Gasteiger partial charge in [0.05, 0.1) is 32.7 Å². The van der Waals surface area contributed by atoms with E-state index in [0.717, 1.165) is 39.4 Å². The molecule has 2 heterocycles. The molecule has 1 aliphatic rings. The van der Waals surface area contributed by atoms with Crippen LogP contribution in [0, 0.1) is 0 Å². The quantitative estimate of drug-likeness (QED) is 0.752. The largest absolute Gasteiger partial charge is 0.464 e. The van der Waals surface area contributed by atoms with Crippen molar-refractivity contribution in [2.75, 3.05) is 51.8 Å². The molecule has 0 radical (unpaired) electrons. The van der Waals surface area contributed by atoms with Crippen molar-refractivity contribution >= 4 is 11.8 Å². The summed E-state index contributed by atoms with van der Waals surface area (Å²) < 4.78 is 9.84. The molecule has 0 aliphatic carbocycles. The Kier molecular flexibility index (Phi) is 5.05. The highest BCUT2D eigenvalue weighted by Crippen LogP contribution is 2.02. The van der Waals surface area contributed by atoms with Gasteiger partial charge >= 0.3 is 5.97 Å². The van der Waals surface area contributed by atoms with Crippen molar-refractivity contribution in [3.63, 3.8) is 0 Å². The topological polar surface area (TPSA) is 76.6 Å². The molecule has 0 saturated carbocycles. The summed E-state index contributed by atoms with van der Waals surface area (Å²) in [6.45, 7) is 5.25.